The second-order valence-corrected chi connectivity index (χ2v) is 8.53. The summed E-state index contributed by atoms with van der Waals surface area (Å²) >= 11 is 0. The zero-order valence-electron chi connectivity index (χ0n) is 19.5. The molecule has 35 heavy (non-hydrogen) atoms. The van der Waals surface area contributed by atoms with Gasteiger partial charge in [-0.2, -0.15) is 0 Å². The van der Waals surface area contributed by atoms with E-state index in [1.807, 2.05) is 49.4 Å². The monoisotopic (exact) mass is 473 g/mol. The van der Waals surface area contributed by atoms with Crippen LogP contribution < -0.4 is 5.32 Å². The standard InChI is InChI=1S/C26H27N5O4/c1-17(30-35-16-25(32)31-10-12-34-13-11-31)18-2-4-19(5-3-18)23-14-20(6-8-27-23)24-15-21-22(29-24)7-9-28-26(21)33/h2-6,8,14-15,29H,7,9-13,16H2,1H3,(H,28,33)/b30-17-. The molecule has 1 fully saturated rings. The Morgan fingerprint density at radius 3 is 2.71 bits per heavy atom. The van der Waals surface area contributed by atoms with Gasteiger partial charge in [-0.05, 0) is 30.7 Å². The lowest BCUT2D eigenvalue weighted by Gasteiger charge is -2.26. The Kier molecular flexibility index (Phi) is 6.58. The number of amides is 2. The number of oxime groups is 1. The van der Waals surface area contributed by atoms with Crippen molar-refractivity contribution in [2.24, 2.45) is 5.16 Å². The maximum Gasteiger partial charge on any atom is 0.263 e. The molecule has 1 aromatic carbocycles. The van der Waals surface area contributed by atoms with Crippen molar-refractivity contribution in [3.05, 3.63) is 65.5 Å². The summed E-state index contributed by atoms with van der Waals surface area (Å²) in [6, 6.07) is 13.7. The molecule has 3 aromatic rings. The molecule has 0 radical (unpaired) electrons. The van der Waals surface area contributed by atoms with Gasteiger partial charge in [-0.3, -0.25) is 14.6 Å². The zero-order chi connectivity index (χ0) is 24.2. The van der Waals surface area contributed by atoms with Crippen LogP contribution in [-0.4, -0.2) is 71.8 Å². The number of morpholine rings is 1. The third-order valence-corrected chi connectivity index (χ3v) is 6.23. The Balaban J connectivity index is 1.25. The number of carbonyl (C=O) groups is 2. The minimum absolute atomic E-state index is 0.0370. The summed E-state index contributed by atoms with van der Waals surface area (Å²) in [5.41, 5.74) is 6.91. The first-order valence-electron chi connectivity index (χ1n) is 11.7. The van der Waals surface area contributed by atoms with Crippen LogP contribution in [0.25, 0.3) is 22.5 Å². The van der Waals surface area contributed by atoms with E-state index in [1.165, 1.54) is 0 Å². The molecule has 0 bridgehead atoms. The van der Waals surface area contributed by atoms with Crippen LogP contribution in [0.2, 0.25) is 0 Å². The third kappa shape index (κ3) is 5.09. The van der Waals surface area contributed by atoms with Crippen molar-refractivity contribution >= 4 is 17.5 Å². The number of fused-ring (bicyclic) bond motifs is 1. The van der Waals surface area contributed by atoms with Crippen molar-refractivity contribution in [1.29, 1.82) is 0 Å². The van der Waals surface area contributed by atoms with E-state index in [4.69, 9.17) is 9.57 Å². The second-order valence-electron chi connectivity index (χ2n) is 8.53. The zero-order valence-corrected chi connectivity index (χ0v) is 19.5. The van der Waals surface area contributed by atoms with Crippen molar-refractivity contribution in [3.8, 4) is 22.5 Å². The first-order valence-corrected chi connectivity index (χ1v) is 11.7. The first kappa shape index (κ1) is 22.8. The molecular formula is C26H27N5O4. The smallest absolute Gasteiger partial charge is 0.263 e. The Labute approximate surface area is 203 Å². The number of hydrogen-bond acceptors (Lipinski definition) is 6. The van der Waals surface area contributed by atoms with Crippen LogP contribution >= 0.6 is 0 Å². The molecule has 5 rings (SSSR count). The molecule has 9 nitrogen and oxygen atoms in total. The fourth-order valence-corrected chi connectivity index (χ4v) is 4.23. The van der Waals surface area contributed by atoms with Crippen LogP contribution in [0.3, 0.4) is 0 Å². The summed E-state index contributed by atoms with van der Waals surface area (Å²) in [5.74, 6) is -0.125. The number of pyridine rings is 1. The van der Waals surface area contributed by atoms with E-state index in [0.29, 0.717) is 44.1 Å². The van der Waals surface area contributed by atoms with Crippen molar-refractivity contribution < 1.29 is 19.2 Å². The lowest BCUT2D eigenvalue weighted by molar-refractivity contribution is -0.140. The van der Waals surface area contributed by atoms with Crippen LogP contribution in [0.4, 0.5) is 0 Å². The highest BCUT2D eigenvalue weighted by atomic mass is 16.6. The second kappa shape index (κ2) is 10.1. The van der Waals surface area contributed by atoms with Crippen LogP contribution in [0.1, 0.15) is 28.5 Å². The number of nitrogens with zero attached hydrogens (tertiary/aromatic N) is 3. The highest BCUT2D eigenvalue weighted by Crippen LogP contribution is 2.27. The predicted octanol–water partition coefficient (Wildman–Crippen LogP) is 2.63. The van der Waals surface area contributed by atoms with Gasteiger partial charge in [0.2, 0.25) is 0 Å². The minimum atomic E-state index is -0.0882. The number of nitrogens with one attached hydrogen (secondary N) is 2. The number of rotatable bonds is 6. The number of carbonyl (C=O) groups excluding carboxylic acids is 2. The molecule has 0 atom stereocenters. The summed E-state index contributed by atoms with van der Waals surface area (Å²) < 4.78 is 5.26. The number of ether oxygens (including phenoxy) is 1. The molecular weight excluding hydrogens is 446 g/mol. The van der Waals surface area contributed by atoms with E-state index in [1.54, 1.807) is 11.1 Å². The van der Waals surface area contributed by atoms with Gasteiger partial charge in [0, 0.05) is 54.8 Å². The van der Waals surface area contributed by atoms with Gasteiger partial charge in [-0.25, -0.2) is 0 Å². The molecule has 1 saturated heterocycles. The Morgan fingerprint density at radius 1 is 1.14 bits per heavy atom. The maximum absolute atomic E-state index is 12.2. The van der Waals surface area contributed by atoms with Gasteiger partial charge in [0.1, 0.15) is 0 Å². The molecule has 2 amide bonds. The number of aromatic nitrogens is 2. The summed E-state index contributed by atoms with van der Waals surface area (Å²) in [4.78, 5) is 39.2. The molecule has 4 heterocycles. The van der Waals surface area contributed by atoms with Crippen molar-refractivity contribution in [2.45, 2.75) is 13.3 Å². The molecule has 2 aliphatic rings. The van der Waals surface area contributed by atoms with Crippen LogP contribution in [-0.2, 0) is 20.8 Å². The predicted molar refractivity (Wildman–Crippen MR) is 131 cm³/mol. The van der Waals surface area contributed by atoms with Crippen LogP contribution in [0.15, 0.2) is 53.8 Å². The quantitative estimate of drug-likeness (QED) is 0.423. The Hall–Kier alpha value is -3.98. The fourth-order valence-electron chi connectivity index (χ4n) is 4.23. The van der Waals surface area contributed by atoms with E-state index in [-0.39, 0.29) is 18.4 Å². The molecule has 0 unspecified atom stereocenters. The lowest BCUT2D eigenvalue weighted by Crippen LogP contribution is -2.42. The van der Waals surface area contributed by atoms with Crippen molar-refractivity contribution in [3.63, 3.8) is 0 Å². The highest BCUT2D eigenvalue weighted by molar-refractivity contribution is 5.99. The van der Waals surface area contributed by atoms with E-state index in [9.17, 15) is 9.59 Å². The van der Waals surface area contributed by atoms with Crippen LogP contribution in [0.5, 0.6) is 0 Å². The van der Waals surface area contributed by atoms with E-state index in [0.717, 1.165) is 40.2 Å². The van der Waals surface area contributed by atoms with Gasteiger partial charge in [0.15, 0.2) is 6.61 Å². The Morgan fingerprint density at radius 2 is 1.94 bits per heavy atom. The van der Waals surface area contributed by atoms with Gasteiger partial charge < -0.3 is 24.8 Å². The summed E-state index contributed by atoms with van der Waals surface area (Å²) in [6.45, 7) is 4.70. The largest absolute Gasteiger partial charge is 0.385 e. The molecule has 0 spiro atoms. The Bertz CT molecular complexity index is 1260. The summed E-state index contributed by atoms with van der Waals surface area (Å²) in [6.07, 6.45) is 2.57. The average Bonchev–Trinajstić information content (AvgIpc) is 3.35. The van der Waals surface area contributed by atoms with Crippen LogP contribution in [0, 0.1) is 0 Å². The number of benzene rings is 1. The fraction of sp³-hybridized carbons (Fsp3) is 0.308. The molecule has 180 valence electrons. The number of H-pyrrole nitrogens is 1. The molecule has 0 saturated carbocycles. The molecule has 9 heteroatoms. The van der Waals surface area contributed by atoms with E-state index >= 15 is 0 Å². The number of hydrogen-bond donors (Lipinski definition) is 2. The SMILES string of the molecule is C/C(=N/OCC(=O)N1CCOCC1)c1ccc(-c2cc(-c3cc4c([nH]3)CCNC4=O)ccn2)cc1. The van der Waals surface area contributed by atoms with E-state index in [2.05, 4.69) is 20.4 Å². The third-order valence-electron chi connectivity index (χ3n) is 6.23. The van der Waals surface area contributed by atoms with Crippen molar-refractivity contribution in [2.75, 3.05) is 39.5 Å². The average molecular weight is 474 g/mol. The molecule has 2 aliphatic heterocycles. The van der Waals surface area contributed by atoms with Gasteiger partial charge in [0.05, 0.1) is 30.2 Å². The van der Waals surface area contributed by atoms with Gasteiger partial charge >= 0.3 is 0 Å². The molecule has 2 aromatic heterocycles. The minimum Gasteiger partial charge on any atom is -0.385 e. The summed E-state index contributed by atoms with van der Waals surface area (Å²) in [5, 5.41) is 6.98. The highest BCUT2D eigenvalue weighted by Gasteiger charge is 2.20. The van der Waals surface area contributed by atoms with Crippen molar-refractivity contribution in [1.82, 2.24) is 20.2 Å². The van der Waals surface area contributed by atoms with Gasteiger partial charge in [-0.15, -0.1) is 0 Å². The van der Waals surface area contributed by atoms with E-state index < -0.39 is 0 Å². The lowest BCUT2D eigenvalue weighted by atomic mass is 10.0. The topological polar surface area (TPSA) is 109 Å². The number of aromatic amines is 1. The van der Waals surface area contributed by atoms with Gasteiger partial charge in [0.25, 0.3) is 11.8 Å². The maximum atomic E-state index is 12.2. The molecule has 2 N–H and O–H groups in total. The summed E-state index contributed by atoms with van der Waals surface area (Å²) in [7, 11) is 0. The normalized spacial score (nSPS) is 16.0. The molecule has 0 aliphatic carbocycles. The first-order chi connectivity index (χ1) is 17.1. The van der Waals surface area contributed by atoms with Gasteiger partial charge in [-0.1, -0.05) is 29.4 Å².